The van der Waals surface area contributed by atoms with Crippen LogP contribution in [0.2, 0.25) is 0 Å². The summed E-state index contributed by atoms with van der Waals surface area (Å²) >= 11 is 0. The van der Waals surface area contributed by atoms with Crippen LogP contribution in [0.15, 0.2) is 47.6 Å². The summed E-state index contributed by atoms with van der Waals surface area (Å²) in [5.41, 5.74) is 0.591. The largest absolute Gasteiger partial charge is 0.381 e. The van der Waals surface area contributed by atoms with Gasteiger partial charge in [-0.05, 0) is 25.0 Å². The zero-order valence-electron chi connectivity index (χ0n) is 13.6. The molecule has 1 aliphatic heterocycles. The summed E-state index contributed by atoms with van der Waals surface area (Å²) in [7, 11) is -4.46. The number of carbonyl (C=O) groups is 1. The fraction of sp³-hybridized carbons (Fsp3) is 0.375. The van der Waals surface area contributed by atoms with Gasteiger partial charge < -0.3 is 4.74 Å². The number of hydrogen-bond acceptors (Lipinski definition) is 5. The number of para-hydroxylation sites is 1. The van der Waals surface area contributed by atoms with Crippen molar-refractivity contribution in [1.82, 2.24) is 14.5 Å². The lowest BCUT2D eigenvalue weighted by atomic mass is 9.92. The van der Waals surface area contributed by atoms with E-state index >= 15 is 0 Å². The topological polar surface area (TPSA) is 90.3 Å². The molecular weight excluding hydrogens is 368 g/mol. The Hall–Kier alpha value is -2.33. The molecule has 0 bridgehead atoms. The number of amides is 1. The highest BCUT2D eigenvalue weighted by Gasteiger charge is 2.48. The van der Waals surface area contributed by atoms with E-state index in [2.05, 4.69) is 5.10 Å². The zero-order chi connectivity index (χ0) is 18.8. The van der Waals surface area contributed by atoms with Crippen molar-refractivity contribution >= 4 is 15.9 Å². The van der Waals surface area contributed by atoms with E-state index in [4.69, 9.17) is 4.74 Å². The van der Waals surface area contributed by atoms with Gasteiger partial charge in [0.15, 0.2) is 0 Å². The molecule has 1 aliphatic rings. The van der Waals surface area contributed by atoms with Crippen molar-refractivity contribution in [2.75, 3.05) is 13.2 Å². The number of benzene rings is 1. The van der Waals surface area contributed by atoms with Crippen LogP contribution in [0.4, 0.5) is 8.78 Å². The van der Waals surface area contributed by atoms with Crippen molar-refractivity contribution in [3.63, 3.8) is 0 Å². The molecule has 1 fully saturated rings. The molecule has 1 N–H and O–H groups in total. The minimum Gasteiger partial charge on any atom is -0.381 e. The second-order valence-electron chi connectivity index (χ2n) is 5.90. The molecule has 1 aromatic carbocycles. The van der Waals surface area contributed by atoms with Gasteiger partial charge in [-0.15, -0.1) is 0 Å². The Morgan fingerprint density at radius 2 is 1.88 bits per heavy atom. The summed E-state index contributed by atoms with van der Waals surface area (Å²) in [6, 6.07) is 8.65. The highest BCUT2D eigenvalue weighted by molar-refractivity contribution is 7.90. The van der Waals surface area contributed by atoms with Crippen LogP contribution >= 0.6 is 0 Å². The van der Waals surface area contributed by atoms with E-state index in [1.165, 1.54) is 9.40 Å². The summed E-state index contributed by atoms with van der Waals surface area (Å²) in [6.07, 6.45) is 2.13. The lowest BCUT2D eigenvalue weighted by Crippen LogP contribution is -2.48. The number of nitrogens with one attached hydrogen (secondary N) is 1. The molecule has 1 aromatic heterocycles. The van der Waals surface area contributed by atoms with Crippen molar-refractivity contribution in [2.24, 2.45) is 5.92 Å². The highest BCUT2D eigenvalue weighted by atomic mass is 32.2. The van der Waals surface area contributed by atoms with Gasteiger partial charge in [0.2, 0.25) is 0 Å². The maximum absolute atomic E-state index is 14.3. The molecule has 26 heavy (non-hydrogen) atoms. The predicted molar refractivity (Wildman–Crippen MR) is 87.4 cm³/mol. The fourth-order valence-electron chi connectivity index (χ4n) is 2.66. The number of aromatic nitrogens is 2. The van der Waals surface area contributed by atoms with Crippen LogP contribution in [0.3, 0.4) is 0 Å². The lowest BCUT2D eigenvalue weighted by molar-refractivity contribution is -0.157. The molecule has 1 amide bonds. The Balaban J connectivity index is 1.76. The normalized spacial score (nSPS) is 16.4. The molecule has 2 heterocycles. The maximum Gasteiger partial charge on any atom is 0.328 e. The third kappa shape index (κ3) is 3.75. The van der Waals surface area contributed by atoms with Crippen molar-refractivity contribution in [1.29, 1.82) is 0 Å². The van der Waals surface area contributed by atoms with Gasteiger partial charge in [0.1, 0.15) is 4.90 Å². The third-order valence-electron chi connectivity index (χ3n) is 4.15. The number of ether oxygens (including phenoxy) is 1. The first kappa shape index (κ1) is 18.5. The Morgan fingerprint density at radius 3 is 2.54 bits per heavy atom. The minimum atomic E-state index is -4.46. The summed E-state index contributed by atoms with van der Waals surface area (Å²) in [5.74, 6) is -6.89. The molecule has 10 heteroatoms. The van der Waals surface area contributed by atoms with E-state index < -0.39 is 27.8 Å². The van der Waals surface area contributed by atoms with Crippen molar-refractivity contribution in [2.45, 2.75) is 23.7 Å². The SMILES string of the molecule is O=C(NS(=O)(=O)c1cnn(-c2ccccc2)c1)C(F)(F)C1CCOCC1. The van der Waals surface area contributed by atoms with Gasteiger partial charge in [-0.25, -0.2) is 17.8 Å². The molecule has 1 saturated heterocycles. The van der Waals surface area contributed by atoms with Crippen LogP contribution in [-0.2, 0) is 19.6 Å². The van der Waals surface area contributed by atoms with Crippen LogP contribution in [-0.4, -0.2) is 43.2 Å². The van der Waals surface area contributed by atoms with Crippen molar-refractivity contribution in [3.05, 3.63) is 42.7 Å². The van der Waals surface area contributed by atoms with Gasteiger partial charge in [-0.3, -0.25) is 4.79 Å². The monoisotopic (exact) mass is 385 g/mol. The minimum absolute atomic E-state index is 0.00753. The second kappa shape index (κ2) is 7.12. The number of carbonyl (C=O) groups excluding carboxylic acids is 1. The van der Waals surface area contributed by atoms with Gasteiger partial charge in [-0.1, -0.05) is 18.2 Å². The standard InChI is InChI=1S/C16H17F2N3O4S/c17-16(18,12-6-8-25-9-7-12)15(22)20-26(23,24)14-10-19-21(11-14)13-4-2-1-3-5-13/h1-5,10-12H,6-9H2,(H,20,22). The van der Waals surface area contributed by atoms with Gasteiger partial charge in [-0.2, -0.15) is 13.9 Å². The van der Waals surface area contributed by atoms with E-state index in [0.29, 0.717) is 5.69 Å². The van der Waals surface area contributed by atoms with E-state index in [1.54, 1.807) is 30.3 Å². The van der Waals surface area contributed by atoms with Crippen LogP contribution in [0.5, 0.6) is 0 Å². The van der Waals surface area contributed by atoms with E-state index in [9.17, 15) is 22.0 Å². The molecule has 0 atom stereocenters. The summed E-state index contributed by atoms with van der Waals surface area (Å²) < 4.78 is 60.8. The Labute approximate surface area is 149 Å². The Kier molecular flexibility index (Phi) is 5.05. The molecule has 7 nitrogen and oxygen atoms in total. The van der Waals surface area contributed by atoms with Gasteiger partial charge in [0.25, 0.3) is 10.0 Å². The van der Waals surface area contributed by atoms with Crippen molar-refractivity contribution < 1.29 is 26.7 Å². The smallest absolute Gasteiger partial charge is 0.328 e. The molecule has 0 spiro atoms. The molecular formula is C16H17F2N3O4S. The summed E-state index contributed by atoms with van der Waals surface area (Å²) in [6.45, 7) is 0.230. The second-order valence-corrected chi connectivity index (χ2v) is 7.58. The number of alkyl halides is 2. The van der Waals surface area contributed by atoms with E-state index in [0.717, 1.165) is 12.4 Å². The predicted octanol–water partition coefficient (Wildman–Crippen LogP) is 1.74. The first-order valence-corrected chi connectivity index (χ1v) is 9.42. The first-order chi connectivity index (χ1) is 12.3. The number of rotatable bonds is 5. The van der Waals surface area contributed by atoms with E-state index in [1.807, 2.05) is 0 Å². The fourth-order valence-corrected chi connectivity index (χ4v) is 3.58. The van der Waals surface area contributed by atoms with Crippen LogP contribution in [0.25, 0.3) is 5.69 Å². The molecule has 140 valence electrons. The summed E-state index contributed by atoms with van der Waals surface area (Å²) in [4.78, 5) is 11.5. The molecule has 2 aromatic rings. The molecule has 0 saturated carbocycles. The molecule has 3 rings (SSSR count). The zero-order valence-corrected chi connectivity index (χ0v) is 14.5. The van der Waals surface area contributed by atoms with Crippen molar-refractivity contribution in [3.8, 4) is 5.69 Å². The molecule has 0 unspecified atom stereocenters. The average molecular weight is 385 g/mol. The Bertz CT molecular complexity index is 878. The number of nitrogens with zero attached hydrogens (tertiary/aromatic N) is 2. The molecule has 0 radical (unpaired) electrons. The van der Waals surface area contributed by atoms with Gasteiger partial charge in [0.05, 0.1) is 18.1 Å². The van der Waals surface area contributed by atoms with Crippen LogP contribution in [0.1, 0.15) is 12.8 Å². The van der Waals surface area contributed by atoms with Gasteiger partial charge >= 0.3 is 11.8 Å². The number of sulfonamides is 1. The van der Waals surface area contributed by atoms with Crippen LogP contribution < -0.4 is 4.72 Å². The molecule has 0 aliphatic carbocycles. The Morgan fingerprint density at radius 1 is 1.23 bits per heavy atom. The highest BCUT2D eigenvalue weighted by Crippen LogP contribution is 2.33. The number of hydrogen-bond donors (Lipinski definition) is 1. The quantitative estimate of drug-likeness (QED) is 0.847. The van der Waals surface area contributed by atoms with E-state index in [-0.39, 0.29) is 31.0 Å². The average Bonchev–Trinajstić information content (AvgIpc) is 3.14. The lowest BCUT2D eigenvalue weighted by Gasteiger charge is -2.28. The maximum atomic E-state index is 14.3. The summed E-state index contributed by atoms with van der Waals surface area (Å²) in [5, 5.41) is 3.89. The van der Waals surface area contributed by atoms with Gasteiger partial charge in [0, 0.05) is 19.1 Å². The third-order valence-corrected chi connectivity index (χ3v) is 5.44. The van der Waals surface area contributed by atoms with Crippen LogP contribution in [0, 0.1) is 5.92 Å². The first-order valence-electron chi connectivity index (χ1n) is 7.93. The number of halogens is 2.